The molecule has 0 bridgehead atoms. The quantitative estimate of drug-likeness (QED) is 0.703. The van der Waals surface area contributed by atoms with E-state index < -0.39 is 6.29 Å². The molecule has 7 heteroatoms. The number of hydrogen-bond acceptors (Lipinski definition) is 5. The summed E-state index contributed by atoms with van der Waals surface area (Å²) < 4.78 is 15.1. The molecule has 1 rings (SSSR count). The van der Waals surface area contributed by atoms with Crippen molar-refractivity contribution in [3.8, 4) is 0 Å². The van der Waals surface area contributed by atoms with Gasteiger partial charge in [0.05, 0.1) is 6.54 Å². The molecule has 0 spiro atoms. The van der Waals surface area contributed by atoms with Gasteiger partial charge in [-0.3, -0.25) is 5.32 Å². The van der Waals surface area contributed by atoms with Gasteiger partial charge in [0.25, 0.3) is 0 Å². The lowest BCUT2D eigenvalue weighted by atomic mass is 10.5. The van der Waals surface area contributed by atoms with Crippen LogP contribution in [-0.2, 0) is 9.47 Å². The molecule has 2 N–H and O–H groups in total. The fourth-order valence-electron chi connectivity index (χ4n) is 1.15. The van der Waals surface area contributed by atoms with Crippen LogP contribution in [0.4, 0.5) is 10.6 Å². The second-order valence-corrected chi connectivity index (χ2v) is 3.06. The molecule has 0 aliphatic rings. The van der Waals surface area contributed by atoms with Crippen molar-refractivity contribution in [1.82, 2.24) is 10.5 Å². The predicted octanol–water partition coefficient (Wildman–Crippen LogP) is 1.20. The molecule has 0 fully saturated rings. The molecule has 7 nitrogen and oxygen atoms in total. The average Bonchev–Trinajstić information content (AvgIpc) is 2.79. The summed E-state index contributed by atoms with van der Waals surface area (Å²) in [5, 5.41) is 8.65. The second kappa shape index (κ2) is 7.64. The molecular weight excluding hydrogens is 226 g/mol. The van der Waals surface area contributed by atoms with E-state index in [-0.39, 0.29) is 12.6 Å². The van der Waals surface area contributed by atoms with Crippen LogP contribution in [0.1, 0.15) is 13.8 Å². The van der Waals surface area contributed by atoms with Crippen LogP contribution in [-0.4, -0.2) is 37.2 Å². The fourth-order valence-corrected chi connectivity index (χ4v) is 1.15. The Labute approximate surface area is 99.4 Å². The van der Waals surface area contributed by atoms with Gasteiger partial charge < -0.3 is 19.3 Å². The van der Waals surface area contributed by atoms with Gasteiger partial charge in [0.2, 0.25) is 0 Å². The molecular formula is C10H17N3O4. The number of urea groups is 1. The van der Waals surface area contributed by atoms with Crippen LogP contribution in [0.15, 0.2) is 16.9 Å². The van der Waals surface area contributed by atoms with Crippen LogP contribution in [0.3, 0.4) is 0 Å². The van der Waals surface area contributed by atoms with Crippen LogP contribution in [0.5, 0.6) is 0 Å². The number of aromatic nitrogens is 1. The molecule has 0 atom stereocenters. The number of nitrogens with zero attached hydrogens (tertiary/aromatic N) is 1. The maximum absolute atomic E-state index is 11.4. The molecule has 0 saturated carbocycles. The normalized spacial score (nSPS) is 10.5. The molecule has 17 heavy (non-hydrogen) atoms. The Balaban J connectivity index is 2.25. The zero-order chi connectivity index (χ0) is 12.5. The Morgan fingerprint density at radius 1 is 1.47 bits per heavy atom. The maximum atomic E-state index is 11.4. The highest BCUT2D eigenvalue weighted by molar-refractivity contribution is 5.87. The second-order valence-electron chi connectivity index (χ2n) is 3.06. The largest absolute Gasteiger partial charge is 0.363 e. The molecule has 0 aromatic carbocycles. The van der Waals surface area contributed by atoms with E-state index in [0.717, 1.165) is 0 Å². The van der Waals surface area contributed by atoms with Gasteiger partial charge in [0.15, 0.2) is 12.1 Å². The minimum atomic E-state index is -0.437. The number of carbonyl (C=O) groups excluding carboxylic acids is 1. The lowest BCUT2D eigenvalue weighted by Gasteiger charge is -2.17. The monoisotopic (exact) mass is 243 g/mol. The van der Waals surface area contributed by atoms with E-state index >= 15 is 0 Å². The van der Waals surface area contributed by atoms with E-state index in [1.54, 1.807) is 6.07 Å². The number of hydrogen-bond donors (Lipinski definition) is 2. The van der Waals surface area contributed by atoms with Crippen molar-refractivity contribution in [2.24, 2.45) is 0 Å². The van der Waals surface area contributed by atoms with Crippen LogP contribution in [0, 0.1) is 0 Å². The molecule has 0 aliphatic carbocycles. The van der Waals surface area contributed by atoms with Gasteiger partial charge in [-0.1, -0.05) is 5.16 Å². The third-order valence-corrected chi connectivity index (χ3v) is 1.81. The Bertz CT molecular complexity index is 309. The molecule has 2 amide bonds. The Kier molecular flexibility index (Phi) is 6.05. The van der Waals surface area contributed by atoms with E-state index in [9.17, 15) is 4.79 Å². The van der Waals surface area contributed by atoms with Crippen LogP contribution in [0.2, 0.25) is 0 Å². The lowest BCUT2D eigenvalue weighted by Crippen LogP contribution is -2.37. The first kappa shape index (κ1) is 13.5. The molecule has 96 valence electrons. The van der Waals surface area contributed by atoms with E-state index in [4.69, 9.17) is 9.47 Å². The molecule has 0 unspecified atom stereocenters. The smallest absolute Gasteiger partial charge is 0.320 e. The van der Waals surface area contributed by atoms with Crippen molar-refractivity contribution in [1.29, 1.82) is 0 Å². The predicted molar refractivity (Wildman–Crippen MR) is 60.6 cm³/mol. The lowest BCUT2D eigenvalue weighted by molar-refractivity contribution is -0.131. The van der Waals surface area contributed by atoms with E-state index in [2.05, 4.69) is 20.3 Å². The third-order valence-electron chi connectivity index (χ3n) is 1.81. The van der Waals surface area contributed by atoms with Crippen molar-refractivity contribution in [2.75, 3.05) is 25.1 Å². The summed E-state index contributed by atoms with van der Waals surface area (Å²) in [6.07, 6.45) is 0.937. The summed E-state index contributed by atoms with van der Waals surface area (Å²) in [6.45, 7) is 5.04. The first-order valence-electron chi connectivity index (χ1n) is 5.44. The Morgan fingerprint density at radius 2 is 2.18 bits per heavy atom. The number of amides is 2. The summed E-state index contributed by atoms with van der Waals surface area (Å²) in [7, 11) is 0. The summed E-state index contributed by atoms with van der Waals surface area (Å²) in [5.74, 6) is 0.354. The first-order valence-corrected chi connectivity index (χ1v) is 5.44. The fraction of sp³-hybridized carbons (Fsp3) is 0.600. The van der Waals surface area contributed by atoms with Crippen molar-refractivity contribution < 1.29 is 18.8 Å². The van der Waals surface area contributed by atoms with Gasteiger partial charge in [-0.25, -0.2) is 4.79 Å². The zero-order valence-electron chi connectivity index (χ0n) is 9.93. The number of nitrogens with one attached hydrogen (secondary N) is 2. The van der Waals surface area contributed by atoms with Crippen molar-refractivity contribution in [2.45, 2.75) is 20.1 Å². The number of ether oxygens (including phenoxy) is 2. The number of carbonyl (C=O) groups is 1. The highest BCUT2D eigenvalue weighted by Crippen LogP contribution is 2.00. The van der Waals surface area contributed by atoms with Gasteiger partial charge >= 0.3 is 6.03 Å². The van der Waals surface area contributed by atoms with Crippen LogP contribution >= 0.6 is 0 Å². The summed E-state index contributed by atoms with van der Waals surface area (Å²) in [5.41, 5.74) is 0. The van der Waals surface area contributed by atoms with Crippen LogP contribution in [0.25, 0.3) is 0 Å². The van der Waals surface area contributed by atoms with Gasteiger partial charge in [0.1, 0.15) is 6.26 Å². The number of rotatable bonds is 7. The minimum Gasteiger partial charge on any atom is -0.363 e. The number of anilines is 1. The molecule has 1 aromatic heterocycles. The first-order chi connectivity index (χ1) is 8.26. The summed E-state index contributed by atoms with van der Waals surface area (Å²) in [6, 6.07) is 1.16. The minimum absolute atomic E-state index is 0.269. The highest BCUT2D eigenvalue weighted by atomic mass is 16.7. The Morgan fingerprint density at radius 3 is 2.71 bits per heavy atom. The van der Waals surface area contributed by atoms with Gasteiger partial charge in [-0.05, 0) is 13.8 Å². The van der Waals surface area contributed by atoms with Crippen molar-refractivity contribution in [3.05, 3.63) is 12.3 Å². The Hall–Kier alpha value is -1.60. The molecule has 1 aromatic rings. The maximum Gasteiger partial charge on any atom is 0.320 e. The summed E-state index contributed by atoms with van der Waals surface area (Å²) in [4.78, 5) is 11.4. The van der Waals surface area contributed by atoms with Gasteiger partial charge in [0, 0.05) is 19.3 Å². The topological polar surface area (TPSA) is 85.6 Å². The van der Waals surface area contributed by atoms with Gasteiger partial charge in [-0.15, -0.1) is 0 Å². The van der Waals surface area contributed by atoms with Crippen LogP contribution < -0.4 is 10.6 Å². The third kappa shape index (κ3) is 5.32. The van der Waals surface area contributed by atoms with E-state index in [1.807, 2.05) is 13.8 Å². The average molecular weight is 243 g/mol. The standard InChI is InChI=1S/C10H17N3O4/c1-3-15-9(16-4-2)7-11-10(14)12-8-5-6-17-13-8/h5-6,9H,3-4,7H2,1-2H3,(H2,11,12,13,14). The molecule has 1 heterocycles. The highest BCUT2D eigenvalue weighted by Gasteiger charge is 2.10. The molecule has 0 radical (unpaired) electrons. The van der Waals surface area contributed by atoms with Crippen molar-refractivity contribution >= 4 is 11.8 Å². The van der Waals surface area contributed by atoms with E-state index in [1.165, 1.54) is 6.26 Å². The molecule has 0 saturated heterocycles. The summed E-state index contributed by atoms with van der Waals surface area (Å²) >= 11 is 0. The molecule has 0 aliphatic heterocycles. The van der Waals surface area contributed by atoms with Gasteiger partial charge in [-0.2, -0.15) is 0 Å². The van der Waals surface area contributed by atoms with E-state index in [0.29, 0.717) is 19.0 Å². The van der Waals surface area contributed by atoms with Crippen molar-refractivity contribution in [3.63, 3.8) is 0 Å². The zero-order valence-corrected chi connectivity index (χ0v) is 9.93. The SMILES string of the molecule is CCOC(CNC(=O)Nc1ccon1)OCC.